The van der Waals surface area contributed by atoms with E-state index >= 15 is 0 Å². The van der Waals surface area contributed by atoms with E-state index in [4.69, 9.17) is 11.6 Å². The molecule has 0 aromatic rings. The maximum absolute atomic E-state index is 12.8. The molecule has 7 heteroatoms. The Kier molecular flexibility index (Phi) is 6.27. The number of carboxylic acids is 2. The molecule has 0 radical (unpaired) electrons. The first-order valence-corrected chi connectivity index (χ1v) is 14.7. The highest BCUT2D eigenvalue weighted by Crippen LogP contribution is 2.72. The zero-order valence-electron chi connectivity index (χ0n) is 23.0. The van der Waals surface area contributed by atoms with Gasteiger partial charge in [-0.25, -0.2) is 0 Å². The molecule has 5 aliphatic rings. The number of fused-ring (bicyclic) bond motifs is 6. The first-order valence-electron chi connectivity index (χ1n) is 14.2. The van der Waals surface area contributed by atoms with Gasteiger partial charge in [-0.15, -0.1) is 11.6 Å². The van der Waals surface area contributed by atoms with Gasteiger partial charge in [-0.05, 0) is 105 Å². The van der Waals surface area contributed by atoms with Gasteiger partial charge in [0.05, 0.1) is 23.0 Å². The van der Waals surface area contributed by atoms with Crippen molar-refractivity contribution in [1.29, 1.82) is 0 Å². The summed E-state index contributed by atoms with van der Waals surface area (Å²) in [6, 6.07) is 0. The summed E-state index contributed by atoms with van der Waals surface area (Å²) in [7, 11) is 0. The van der Waals surface area contributed by atoms with E-state index in [0.29, 0.717) is 31.6 Å². The Labute approximate surface area is 225 Å². The summed E-state index contributed by atoms with van der Waals surface area (Å²) in [5, 5.41) is 42.7. The highest BCUT2D eigenvalue weighted by molar-refractivity contribution is 6.18. The molecule has 6 nitrogen and oxygen atoms in total. The lowest BCUT2D eigenvalue weighted by Crippen LogP contribution is -2.67. The molecule has 3 fully saturated rings. The molecule has 0 saturated heterocycles. The number of halogens is 1. The molecule has 208 valence electrons. The van der Waals surface area contributed by atoms with E-state index in [1.165, 1.54) is 11.1 Å². The Morgan fingerprint density at radius 1 is 0.919 bits per heavy atom. The lowest BCUT2D eigenvalue weighted by molar-refractivity contribution is -0.225. The van der Waals surface area contributed by atoms with Gasteiger partial charge >= 0.3 is 11.9 Å². The fourth-order valence-electron chi connectivity index (χ4n) is 10.6. The summed E-state index contributed by atoms with van der Waals surface area (Å²) in [5.74, 6) is -1.43. The number of rotatable bonds is 3. The van der Waals surface area contributed by atoms with E-state index in [0.717, 1.165) is 32.1 Å². The lowest BCUT2D eigenvalue weighted by atomic mass is 9.37. The average molecular weight is 537 g/mol. The summed E-state index contributed by atoms with van der Waals surface area (Å²) < 4.78 is 0. The van der Waals surface area contributed by atoms with Crippen molar-refractivity contribution >= 4 is 23.5 Å². The molecule has 0 spiro atoms. The average Bonchev–Trinajstić information content (AvgIpc) is 2.81. The van der Waals surface area contributed by atoms with Crippen molar-refractivity contribution in [3.05, 3.63) is 11.1 Å². The number of alkyl halides is 1. The van der Waals surface area contributed by atoms with Crippen molar-refractivity contribution in [2.24, 2.45) is 50.7 Å². The minimum absolute atomic E-state index is 0.0207. The number of aliphatic hydroxyl groups is 2. The van der Waals surface area contributed by atoms with Gasteiger partial charge < -0.3 is 20.4 Å². The van der Waals surface area contributed by atoms with E-state index in [1.54, 1.807) is 6.92 Å². The summed E-state index contributed by atoms with van der Waals surface area (Å²) in [6.45, 7) is 10.6. The summed E-state index contributed by atoms with van der Waals surface area (Å²) in [6.07, 6.45) is 4.09. The van der Waals surface area contributed by atoms with Gasteiger partial charge in [-0.1, -0.05) is 38.8 Å². The van der Waals surface area contributed by atoms with Crippen LogP contribution < -0.4 is 0 Å². The molecule has 37 heavy (non-hydrogen) atoms. The number of aliphatic hydroxyl groups excluding tert-OH is 2. The van der Waals surface area contributed by atoms with Gasteiger partial charge in [0, 0.05) is 5.88 Å². The van der Waals surface area contributed by atoms with Crippen molar-refractivity contribution in [2.75, 3.05) is 5.88 Å². The first-order chi connectivity index (χ1) is 17.1. The van der Waals surface area contributed by atoms with Crippen LogP contribution in [0.2, 0.25) is 0 Å². The Morgan fingerprint density at radius 2 is 1.59 bits per heavy atom. The number of carboxylic acid groups (broad SMARTS) is 2. The second-order valence-electron chi connectivity index (χ2n) is 14.8. The molecule has 0 aliphatic heterocycles. The van der Waals surface area contributed by atoms with Crippen LogP contribution in [-0.2, 0) is 9.59 Å². The molecule has 0 aromatic carbocycles. The van der Waals surface area contributed by atoms with Crippen LogP contribution in [0.3, 0.4) is 0 Å². The number of carbonyl (C=O) groups is 2. The fraction of sp³-hybridized carbons (Fsp3) is 0.867. The molecule has 4 N–H and O–H groups in total. The van der Waals surface area contributed by atoms with Crippen molar-refractivity contribution < 1.29 is 30.0 Å². The highest BCUT2D eigenvalue weighted by Gasteiger charge is 2.69. The summed E-state index contributed by atoms with van der Waals surface area (Å²) in [5.41, 5.74) is -0.0655. The van der Waals surface area contributed by atoms with Crippen molar-refractivity contribution in [1.82, 2.24) is 0 Å². The number of hydrogen-bond donors (Lipinski definition) is 4. The van der Waals surface area contributed by atoms with E-state index < -0.39 is 40.4 Å². The topological polar surface area (TPSA) is 115 Å². The van der Waals surface area contributed by atoms with Crippen LogP contribution in [0.15, 0.2) is 11.1 Å². The lowest BCUT2D eigenvalue weighted by Gasteiger charge is -2.67. The largest absolute Gasteiger partial charge is 0.481 e. The molecule has 0 amide bonds. The van der Waals surface area contributed by atoms with Gasteiger partial charge in [0.15, 0.2) is 0 Å². The minimum atomic E-state index is -1.42. The molecular formula is C30H45ClO6. The maximum atomic E-state index is 12.8. The standard InChI is InChI=1S/C30H45ClO6/c1-26(2)10-11-30(25(36)37)9-6-17-22(18(30)13-26)16(15-31)12-21-27(17,3)8-7-20-28(21,4)14-19(32)23(33)29(20,5)24(34)35/h16,18-21,23,32-33H,6-15H2,1-5H3,(H,34,35)(H,36,37)/t16-,18-,19+,20?,21+,23+,27+,28+,29-,30-/m1/s1. The van der Waals surface area contributed by atoms with Crippen LogP contribution in [0.5, 0.6) is 0 Å². The third kappa shape index (κ3) is 3.50. The second kappa shape index (κ2) is 8.44. The van der Waals surface area contributed by atoms with Crippen molar-refractivity contribution in [3.63, 3.8) is 0 Å². The third-order valence-electron chi connectivity index (χ3n) is 12.6. The van der Waals surface area contributed by atoms with E-state index in [2.05, 4.69) is 27.7 Å². The quantitative estimate of drug-likeness (QED) is 0.280. The minimum Gasteiger partial charge on any atom is -0.481 e. The molecule has 1 unspecified atom stereocenters. The monoisotopic (exact) mass is 536 g/mol. The highest BCUT2D eigenvalue weighted by atomic mass is 35.5. The molecule has 3 saturated carbocycles. The zero-order valence-corrected chi connectivity index (χ0v) is 23.8. The van der Waals surface area contributed by atoms with Crippen LogP contribution in [0, 0.1) is 50.7 Å². The van der Waals surface area contributed by atoms with Crippen molar-refractivity contribution in [2.45, 2.75) is 105 Å². The van der Waals surface area contributed by atoms with E-state index in [9.17, 15) is 30.0 Å². The van der Waals surface area contributed by atoms with Crippen LogP contribution >= 0.6 is 11.6 Å². The number of allylic oxidation sites excluding steroid dienone is 2. The zero-order chi connectivity index (χ0) is 27.3. The first kappa shape index (κ1) is 27.5. The van der Waals surface area contributed by atoms with Crippen molar-refractivity contribution in [3.8, 4) is 0 Å². The fourth-order valence-corrected chi connectivity index (χ4v) is 10.9. The molecule has 5 rings (SSSR count). The molecular weight excluding hydrogens is 492 g/mol. The van der Waals surface area contributed by atoms with E-state index in [-0.39, 0.29) is 34.5 Å². The van der Waals surface area contributed by atoms with Gasteiger partial charge in [0.25, 0.3) is 0 Å². The predicted molar refractivity (Wildman–Crippen MR) is 141 cm³/mol. The van der Waals surface area contributed by atoms with Gasteiger partial charge in [0.2, 0.25) is 0 Å². The number of hydrogen-bond acceptors (Lipinski definition) is 4. The second-order valence-corrected chi connectivity index (χ2v) is 15.1. The van der Waals surface area contributed by atoms with E-state index in [1.807, 2.05) is 0 Å². The van der Waals surface area contributed by atoms with Gasteiger partial charge in [0.1, 0.15) is 0 Å². The van der Waals surface area contributed by atoms with Gasteiger partial charge in [-0.2, -0.15) is 0 Å². The van der Waals surface area contributed by atoms with Gasteiger partial charge in [-0.3, -0.25) is 9.59 Å². The van der Waals surface area contributed by atoms with Crippen LogP contribution in [-0.4, -0.2) is 50.5 Å². The smallest absolute Gasteiger partial charge is 0.312 e. The summed E-state index contributed by atoms with van der Waals surface area (Å²) in [4.78, 5) is 25.4. The molecule has 0 aromatic heterocycles. The Morgan fingerprint density at radius 3 is 2.19 bits per heavy atom. The van der Waals surface area contributed by atoms with Crippen LogP contribution in [0.4, 0.5) is 0 Å². The summed E-state index contributed by atoms with van der Waals surface area (Å²) >= 11 is 6.72. The Balaban J connectivity index is 1.65. The third-order valence-corrected chi connectivity index (χ3v) is 13.0. The Bertz CT molecular complexity index is 1040. The van der Waals surface area contributed by atoms with Crippen LogP contribution in [0.25, 0.3) is 0 Å². The maximum Gasteiger partial charge on any atom is 0.312 e. The number of aliphatic carboxylic acids is 2. The van der Waals surface area contributed by atoms with Crippen LogP contribution in [0.1, 0.15) is 92.4 Å². The SMILES string of the molecule is CC1(C)CC[C@]2(C(=O)O)CCC3=C([C@@H](CCl)C[C@H]4[C@@]3(C)CCC3[C@]4(C)C[C@H](O)[C@H](O)[C@]3(C)C(=O)O)[C@H]2C1. The normalized spacial score (nSPS) is 50.8. The molecule has 0 heterocycles. The molecule has 0 bridgehead atoms. The molecule has 10 atom stereocenters. The molecule has 5 aliphatic carbocycles. The predicted octanol–water partition coefficient (Wildman–Crippen LogP) is 5.49. The Hall–Kier alpha value is -1.11.